The molecule has 0 spiro atoms. The number of ether oxygens (including phenoxy) is 2. The van der Waals surface area contributed by atoms with Crippen molar-refractivity contribution in [3.63, 3.8) is 0 Å². The molecule has 1 aliphatic heterocycles. The van der Waals surface area contributed by atoms with E-state index in [4.69, 9.17) is 9.47 Å². The van der Waals surface area contributed by atoms with Gasteiger partial charge in [0.1, 0.15) is 11.4 Å². The van der Waals surface area contributed by atoms with Gasteiger partial charge in [0.05, 0.1) is 26.3 Å². The molecule has 1 N–H and O–H groups in total. The highest BCUT2D eigenvalue weighted by molar-refractivity contribution is 5.87. The largest absolute Gasteiger partial charge is 0.444 e. The molecule has 0 atom stereocenters. The van der Waals surface area contributed by atoms with Gasteiger partial charge in [-0.05, 0) is 27.2 Å². The monoisotopic (exact) mass is 297 g/mol. The van der Waals surface area contributed by atoms with E-state index in [1.54, 1.807) is 4.90 Å². The van der Waals surface area contributed by atoms with E-state index in [0.29, 0.717) is 39.4 Å². The zero-order chi connectivity index (χ0) is 15.7. The Bertz CT molecular complexity index is 375. The number of amides is 1. The van der Waals surface area contributed by atoms with Crippen molar-refractivity contribution in [3.8, 4) is 0 Å². The van der Waals surface area contributed by atoms with Crippen LogP contribution in [0.2, 0.25) is 0 Å². The number of carbonyl (C=O) groups excluding carboxylic acids is 1. The van der Waals surface area contributed by atoms with Gasteiger partial charge in [-0.25, -0.2) is 4.79 Å². The van der Waals surface area contributed by atoms with Crippen LogP contribution in [0.3, 0.4) is 0 Å². The predicted molar refractivity (Wildman–Crippen MR) is 83.7 cm³/mol. The Morgan fingerprint density at radius 3 is 2.90 bits per heavy atom. The first-order valence-electron chi connectivity index (χ1n) is 7.36. The molecule has 0 radical (unpaired) electrons. The van der Waals surface area contributed by atoms with Crippen molar-refractivity contribution in [2.45, 2.75) is 32.8 Å². The van der Waals surface area contributed by atoms with Gasteiger partial charge in [0.15, 0.2) is 0 Å². The maximum Gasteiger partial charge on any atom is 0.410 e. The van der Waals surface area contributed by atoms with E-state index in [1.165, 1.54) is 0 Å². The van der Waals surface area contributed by atoms with Gasteiger partial charge in [-0.1, -0.05) is 6.08 Å². The number of hydrogen-bond donors (Lipinski definition) is 1. The molecular formula is C15H27N3O3. The maximum atomic E-state index is 12.0. The van der Waals surface area contributed by atoms with Crippen LogP contribution < -0.4 is 5.32 Å². The highest BCUT2D eigenvalue weighted by atomic mass is 16.6. The Morgan fingerprint density at radius 2 is 2.24 bits per heavy atom. The van der Waals surface area contributed by atoms with Crippen molar-refractivity contribution in [1.29, 1.82) is 0 Å². The van der Waals surface area contributed by atoms with Gasteiger partial charge < -0.3 is 14.8 Å². The Hall–Kier alpha value is -1.56. The van der Waals surface area contributed by atoms with Crippen LogP contribution in [0, 0.1) is 0 Å². The Morgan fingerprint density at radius 1 is 1.48 bits per heavy atom. The molecule has 0 unspecified atom stereocenters. The molecule has 6 heteroatoms. The fourth-order valence-corrected chi connectivity index (χ4v) is 1.75. The van der Waals surface area contributed by atoms with Crippen molar-refractivity contribution in [2.24, 2.45) is 4.99 Å². The van der Waals surface area contributed by atoms with Crippen LogP contribution in [0.1, 0.15) is 27.2 Å². The molecule has 1 rings (SSSR count). The van der Waals surface area contributed by atoms with Gasteiger partial charge in [-0.15, -0.1) is 6.58 Å². The van der Waals surface area contributed by atoms with Gasteiger partial charge in [0.2, 0.25) is 0 Å². The Balaban J connectivity index is 2.27. The fourth-order valence-electron chi connectivity index (χ4n) is 1.75. The second kappa shape index (κ2) is 8.67. The van der Waals surface area contributed by atoms with Crippen molar-refractivity contribution in [3.05, 3.63) is 12.7 Å². The first-order chi connectivity index (χ1) is 9.92. The van der Waals surface area contributed by atoms with Crippen LogP contribution in [-0.2, 0) is 9.47 Å². The topological polar surface area (TPSA) is 63.2 Å². The van der Waals surface area contributed by atoms with E-state index in [0.717, 1.165) is 12.3 Å². The van der Waals surface area contributed by atoms with Crippen molar-refractivity contribution < 1.29 is 14.3 Å². The summed E-state index contributed by atoms with van der Waals surface area (Å²) in [5.41, 5.74) is -0.474. The first kappa shape index (κ1) is 17.5. The number of nitrogens with one attached hydrogen (secondary N) is 1. The summed E-state index contributed by atoms with van der Waals surface area (Å²) in [6.45, 7) is 12.8. The summed E-state index contributed by atoms with van der Waals surface area (Å²) in [5.74, 6) is 0.805. The number of aliphatic imine (C=N–C) groups is 1. The number of amidine groups is 1. The average Bonchev–Trinajstić information content (AvgIpc) is 2.41. The van der Waals surface area contributed by atoms with Crippen LogP contribution >= 0.6 is 0 Å². The smallest absolute Gasteiger partial charge is 0.410 e. The number of carbonyl (C=O) groups is 1. The molecule has 0 aromatic rings. The molecule has 120 valence electrons. The standard InChI is InChI=1S/C15H27N3O3/c1-5-6-10-20-11-8-17-13-12-18(9-7-16-13)14(19)21-15(2,3)4/h5H,1,6-12H2,2-4H3,(H,16,17). The minimum Gasteiger partial charge on any atom is -0.444 e. The Kier molecular flexibility index (Phi) is 7.22. The summed E-state index contributed by atoms with van der Waals surface area (Å²) in [7, 11) is 0. The van der Waals surface area contributed by atoms with E-state index in [9.17, 15) is 4.79 Å². The molecule has 0 saturated carbocycles. The van der Waals surface area contributed by atoms with Crippen molar-refractivity contribution in [1.82, 2.24) is 10.2 Å². The summed E-state index contributed by atoms with van der Waals surface area (Å²) in [5, 5.41) is 3.20. The lowest BCUT2D eigenvalue weighted by Gasteiger charge is -2.29. The van der Waals surface area contributed by atoms with Crippen LogP contribution in [-0.4, -0.2) is 61.8 Å². The number of rotatable bonds is 6. The van der Waals surface area contributed by atoms with E-state index < -0.39 is 5.60 Å². The lowest BCUT2D eigenvalue weighted by atomic mass is 10.2. The molecule has 0 bridgehead atoms. The zero-order valence-electron chi connectivity index (χ0n) is 13.4. The number of nitrogens with zero attached hydrogens (tertiary/aromatic N) is 2. The fraction of sp³-hybridized carbons (Fsp3) is 0.733. The summed E-state index contributed by atoms with van der Waals surface area (Å²) >= 11 is 0. The zero-order valence-corrected chi connectivity index (χ0v) is 13.4. The average molecular weight is 297 g/mol. The van der Waals surface area contributed by atoms with Gasteiger partial charge in [-0.2, -0.15) is 0 Å². The highest BCUT2D eigenvalue weighted by Gasteiger charge is 2.24. The maximum absolute atomic E-state index is 12.0. The van der Waals surface area contributed by atoms with E-state index >= 15 is 0 Å². The van der Waals surface area contributed by atoms with Gasteiger partial charge in [-0.3, -0.25) is 9.89 Å². The molecule has 0 saturated heterocycles. The van der Waals surface area contributed by atoms with Crippen LogP contribution in [0.15, 0.2) is 17.6 Å². The number of hydrogen-bond acceptors (Lipinski definition) is 5. The molecule has 0 aromatic heterocycles. The van der Waals surface area contributed by atoms with Crippen molar-refractivity contribution >= 4 is 11.9 Å². The van der Waals surface area contributed by atoms with Gasteiger partial charge in [0, 0.05) is 13.1 Å². The van der Waals surface area contributed by atoms with Crippen LogP contribution in [0.4, 0.5) is 4.79 Å². The molecule has 1 amide bonds. The minimum absolute atomic E-state index is 0.293. The first-order valence-corrected chi connectivity index (χ1v) is 7.36. The van der Waals surface area contributed by atoms with E-state index in [2.05, 4.69) is 16.9 Å². The second-order valence-electron chi connectivity index (χ2n) is 5.85. The molecule has 1 aliphatic rings. The van der Waals surface area contributed by atoms with E-state index in [-0.39, 0.29) is 6.09 Å². The molecule has 0 fully saturated rings. The Labute approximate surface area is 127 Å². The lowest BCUT2D eigenvalue weighted by molar-refractivity contribution is 0.0276. The predicted octanol–water partition coefficient (Wildman–Crippen LogP) is 1.82. The molecular weight excluding hydrogens is 270 g/mol. The normalized spacial score (nSPS) is 15.4. The molecule has 0 aromatic carbocycles. The molecule has 0 aliphatic carbocycles. The van der Waals surface area contributed by atoms with Crippen molar-refractivity contribution in [2.75, 3.05) is 39.4 Å². The second-order valence-corrected chi connectivity index (χ2v) is 5.85. The van der Waals surface area contributed by atoms with Crippen LogP contribution in [0.5, 0.6) is 0 Å². The quantitative estimate of drug-likeness (QED) is 0.600. The third-order valence-electron chi connectivity index (χ3n) is 2.71. The molecule has 21 heavy (non-hydrogen) atoms. The molecule has 1 heterocycles. The summed E-state index contributed by atoms with van der Waals surface area (Å²) in [4.78, 5) is 18.0. The highest BCUT2D eigenvalue weighted by Crippen LogP contribution is 2.10. The summed E-state index contributed by atoms with van der Waals surface area (Å²) < 4.78 is 10.8. The van der Waals surface area contributed by atoms with Crippen LogP contribution in [0.25, 0.3) is 0 Å². The third-order valence-corrected chi connectivity index (χ3v) is 2.71. The summed E-state index contributed by atoms with van der Waals surface area (Å²) in [6.07, 6.45) is 2.39. The lowest BCUT2D eigenvalue weighted by Crippen LogP contribution is -2.47. The third kappa shape index (κ3) is 7.70. The van der Waals surface area contributed by atoms with Gasteiger partial charge in [0.25, 0.3) is 0 Å². The van der Waals surface area contributed by atoms with E-state index in [1.807, 2.05) is 26.8 Å². The molecule has 6 nitrogen and oxygen atoms in total. The summed E-state index contributed by atoms with van der Waals surface area (Å²) in [6, 6.07) is 0. The SMILES string of the molecule is C=CCCOCCNC1=NCCN(C(=O)OC(C)(C)C)C1. The van der Waals surface area contributed by atoms with Gasteiger partial charge >= 0.3 is 6.09 Å². The minimum atomic E-state index is -0.474.